The van der Waals surface area contributed by atoms with Crippen molar-refractivity contribution >= 4 is 15.9 Å². The molecule has 0 unspecified atom stereocenters. The van der Waals surface area contributed by atoms with Crippen LogP contribution in [0.5, 0.6) is 0 Å². The molecule has 2 aromatic rings. The summed E-state index contributed by atoms with van der Waals surface area (Å²) in [6.45, 7) is 0. The van der Waals surface area contributed by atoms with Crippen LogP contribution in [0, 0.1) is 0 Å². The maximum atomic E-state index is 4.37. The van der Waals surface area contributed by atoms with Crippen LogP contribution in [0.25, 0.3) is 11.3 Å². The van der Waals surface area contributed by atoms with E-state index in [1.807, 2.05) is 35.1 Å². The Balaban J connectivity index is 2.36. The van der Waals surface area contributed by atoms with E-state index in [-0.39, 0.29) is 0 Å². The molecule has 0 aliphatic heterocycles. The van der Waals surface area contributed by atoms with Crippen LogP contribution < -0.4 is 0 Å². The first-order valence-electron chi connectivity index (χ1n) is 4.05. The van der Waals surface area contributed by atoms with Gasteiger partial charge in [0.25, 0.3) is 0 Å². The molecule has 0 radical (unpaired) electrons. The first-order valence-corrected chi connectivity index (χ1v) is 5.17. The molecule has 0 spiro atoms. The lowest BCUT2D eigenvalue weighted by Gasteiger charge is -1.94. The van der Waals surface area contributed by atoms with Gasteiger partial charge < -0.3 is 0 Å². The summed E-state index contributed by atoms with van der Waals surface area (Å²) >= 11 is 3.34. The van der Waals surface area contributed by atoms with Gasteiger partial charge in [-0.1, -0.05) is 46.3 Å². The summed E-state index contributed by atoms with van der Waals surface area (Å²) in [6, 6.07) is 12.2. The maximum Gasteiger partial charge on any atom is 0.0959 e. The van der Waals surface area contributed by atoms with Gasteiger partial charge in [0.2, 0.25) is 0 Å². The Morgan fingerprint density at radius 2 is 1.92 bits per heavy atom. The van der Waals surface area contributed by atoms with Gasteiger partial charge in [-0.2, -0.15) is 5.10 Å². The third-order valence-electron chi connectivity index (χ3n) is 1.83. The van der Waals surface area contributed by atoms with E-state index >= 15 is 0 Å². The number of aromatic nitrogens is 2. The van der Waals surface area contributed by atoms with Gasteiger partial charge >= 0.3 is 0 Å². The van der Waals surface area contributed by atoms with Crippen molar-refractivity contribution in [2.24, 2.45) is 0 Å². The molecule has 0 fully saturated rings. The first-order chi connectivity index (χ1) is 6.40. The molecule has 0 saturated heterocycles. The molecule has 0 amide bonds. The lowest BCUT2D eigenvalue weighted by atomic mass is 10.2. The number of nitrogens with zero attached hydrogens (tertiary/aromatic N) is 2. The summed E-state index contributed by atoms with van der Waals surface area (Å²) in [4.78, 5) is 0. The van der Waals surface area contributed by atoms with Gasteiger partial charge in [-0.3, -0.25) is 4.68 Å². The second kappa shape index (κ2) is 3.75. The number of rotatable bonds is 2. The molecule has 0 aliphatic carbocycles. The number of alkyl halides is 1. The molecule has 13 heavy (non-hydrogen) atoms. The van der Waals surface area contributed by atoms with E-state index in [0.717, 1.165) is 16.7 Å². The van der Waals surface area contributed by atoms with Crippen LogP contribution in [-0.4, -0.2) is 9.78 Å². The monoisotopic (exact) mass is 236 g/mol. The zero-order valence-electron chi connectivity index (χ0n) is 7.02. The summed E-state index contributed by atoms with van der Waals surface area (Å²) in [5, 5.41) is 4.37. The highest BCUT2D eigenvalue weighted by atomic mass is 79.9. The van der Waals surface area contributed by atoms with E-state index < -0.39 is 0 Å². The fourth-order valence-electron chi connectivity index (χ4n) is 1.19. The van der Waals surface area contributed by atoms with Crippen LogP contribution in [0.3, 0.4) is 0 Å². The minimum atomic E-state index is 0.736. The molecule has 3 heteroatoms. The van der Waals surface area contributed by atoms with Gasteiger partial charge in [0.05, 0.1) is 11.1 Å². The van der Waals surface area contributed by atoms with Crippen molar-refractivity contribution in [2.45, 2.75) is 5.45 Å². The van der Waals surface area contributed by atoms with Gasteiger partial charge in [-0.15, -0.1) is 0 Å². The first kappa shape index (κ1) is 8.51. The summed E-state index contributed by atoms with van der Waals surface area (Å²) in [5.41, 5.74) is 2.90. The predicted octanol–water partition coefficient (Wildman–Crippen LogP) is 2.90. The zero-order valence-corrected chi connectivity index (χ0v) is 8.61. The fourth-order valence-corrected chi connectivity index (χ4v) is 1.47. The van der Waals surface area contributed by atoms with Gasteiger partial charge in [-0.25, -0.2) is 0 Å². The van der Waals surface area contributed by atoms with Crippen molar-refractivity contribution < 1.29 is 0 Å². The van der Waals surface area contributed by atoms with E-state index in [1.165, 1.54) is 0 Å². The summed E-state index contributed by atoms with van der Waals surface area (Å²) in [6.07, 6.45) is 1.96. The van der Waals surface area contributed by atoms with Crippen LogP contribution in [-0.2, 0) is 5.45 Å². The quantitative estimate of drug-likeness (QED) is 0.734. The Morgan fingerprint density at radius 1 is 1.15 bits per heavy atom. The lowest BCUT2D eigenvalue weighted by Crippen LogP contribution is -1.91. The molecule has 66 valence electrons. The minimum Gasteiger partial charge on any atom is -0.262 e. The Hall–Kier alpha value is -1.09. The molecular weight excluding hydrogens is 228 g/mol. The summed E-state index contributed by atoms with van der Waals surface area (Å²) < 4.78 is 1.85. The third kappa shape index (κ3) is 1.80. The van der Waals surface area contributed by atoms with Crippen LogP contribution in [0.1, 0.15) is 0 Å². The van der Waals surface area contributed by atoms with Crippen molar-refractivity contribution in [3.05, 3.63) is 42.6 Å². The summed E-state index contributed by atoms with van der Waals surface area (Å²) in [7, 11) is 0. The molecule has 0 saturated carbocycles. The van der Waals surface area contributed by atoms with Gasteiger partial charge in [0.1, 0.15) is 0 Å². The molecule has 0 atom stereocenters. The van der Waals surface area contributed by atoms with Crippen molar-refractivity contribution in [3.8, 4) is 11.3 Å². The van der Waals surface area contributed by atoms with Crippen molar-refractivity contribution in [1.82, 2.24) is 9.78 Å². The third-order valence-corrected chi connectivity index (χ3v) is 2.35. The van der Waals surface area contributed by atoms with Crippen molar-refractivity contribution in [1.29, 1.82) is 0 Å². The molecule has 1 aromatic heterocycles. The van der Waals surface area contributed by atoms with Crippen molar-refractivity contribution in [3.63, 3.8) is 0 Å². The average Bonchev–Trinajstić information content (AvgIpc) is 2.67. The van der Waals surface area contributed by atoms with E-state index in [4.69, 9.17) is 0 Å². The van der Waals surface area contributed by atoms with Crippen LogP contribution in [0.15, 0.2) is 42.6 Å². The molecule has 0 bridgehead atoms. The minimum absolute atomic E-state index is 0.736. The largest absolute Gasteiger partial charge is 0.262 e. The number of hydrogen-bond acceptors (Lipinski definition) is 1. The second-order valence-electron chi connectivity index (χ2n) is 2.73. The molecule has 2 nitrogen and oxygen atoms in total. The zero-order chi connectivity index (χ0) is 9.10. The molecule has 1 heterocycles. The van der Waals surface area contributed by atoms with E-state index in [0.29, 0.717) is 0 Å². The van der Waals surface area contributed by atoms with Gasteiger partial charge in [0, 0.05) is 11.8 Å². The molecular formula is C10H9BrN2. The topological polar surface area (TPSA) is 17.8 Å². The standard InChI is InChI=1S/C10H9BrN2/c11-8-13-7-6-10(12-13)9-4-2-1-3-5-9/h1-7H,8H2. The van der Waals surface area contributed by atoms with E-state index in [1.54, 1.807) is 0 Å². The maximum absolute atomic E-state index is 4.37. The normalized spacial score (nSPS) is 10.2. The molecule has 1 aromatic carbocycles. The van der Waals surface area contributed by atoms with Crippen molar-refractivity contribution in [2.75, 3.05) is 0 Å². The highest BCUT2D eigenvalue weighted by molar-refractivity contribution is 9.08. The fraction of sp³-hybridized carbons (Fsp3) is 0.100. The number of benzene rings is 1. The SMILES string of the molecule is BrCn1ccc(-c2ccccc2)n1. The Kier molecular flexibility index (Phi) is 2.45. The molecule has 0 aliphatic rings. The van der Waals surface area contributed by atoms with Crippen LogP contribution in [0.4, 0.5) is 0 Å². The number of halogens is 1. The van der Waals surface area contributed by atoms with E-state index in [2.05, 4.69) is 33.2 Å². The lowest BCUT2D eigenvalue weighted by molar-refractivity contribution is 0.762. The van der Waals surface area contributed by atoms with Crippen LogP contribution in [0.2, 0.25) is 0 Å². The van der Waals surface area contributed by atoms with Gasteiger partial charge in [0.15, 0.2) is 0 Å². The predicted molar refractivity (Wildman–Crippen MR) is 56.6 cm³/mol. The highest BCUT2D eigenvalue weighted by Gasteiger charge is 1.99. The number of hydrogen-bond donors (Lipinski definition) is 0. The highest BCUT2D eigenvalue weighted by Crippen LogP contribution is 2.15. The second-order valence-corrected chi connectivity index (χ2v) is 3.23. The van der Waals surface area contributed by atoms with E-state index in [9.17, 15) is 0 Å². The van der Waals surface area contributed by atoms with Gasteiger partial charge in [-0.05, 0) is 6.07 Å². The smallest absolute Gasteiger partial charge is 0.0959 e. The molecule has 0 N–H and O–H groups in total. The van der Waals surface area contributed by atoms with Crippen LogP contribution >= 0.6 is 15.9 Å². The average molecular weight is 237 g/mol. The Morgan fingerprint density at radius 3 is 2.54 bits per heavy atom. The Bertz CT molecular complexity index is 381. The summed E-state index contributed by atoms with van der Waals surface area (Å²) in [5.74, 6) is 0. The molecule has 2 rings (SSSR count). The Labute approximate surface area is 85.3 Å².